The van der Waals surface area contributed by atoms with E-state index in [4.69, 9.17) is 4.74 Å². The maximum atomic E-state index is 11.6. The minimum Gasteiger partial charge on any atom is -0.512 e. The Morgan fingerprint density at radius 3 is 2.95 bits per heavy atom. The summed E-state index contributed by atoms with van der Waals surface area (Å²) in [6.45, 7) is 3.67. The van der Waals surface area contributed by atoms with E-state index in [9.17, 15) is 9.90 Å². The highest BCUT2D eigenvalue weighted by Gasteiger charge is 2.22. The van der Waals surface area contributed by atoms with Crippen molar-refractivity contribution in [1.82, 2.24) is 4.98 Å². The van der Waals surface area contributed by atoms with Gasteiger partial charge in [0.25, 0.3) is 0 Å². The number of aliphatic hydroxyl groups excluding tert-OH is 1. The Bertz CT molecular complexity index is 561. The third-order valence-corrected chi connectivity index (χ3v) is 3.79. The van der Waals surface area contributed by atoms with Crippen molar-refractivity contribution in [2.24, 2.45) is 5.92 Å². The van der Waals surface area contributed by atoms with Crippen LogP contribution in [-0.2, 0) is 9.53 Å². The standard InChI is InChI=1S/C14H18N2O3S/c1-8(2)13(18)16-14-15-11(7-20-14)10-5-4-9(17)6-12(10)19-3/h4-5,7-8,12,17H,6H2,1-3H3,(H,15,16,18). The summed E-state index contributed by atoms with van der Waals surface area (Å²) in [6, 6.07) is 0. The molecule has 1 atom stereocenters. The molecular weight excluding hydrogens is 276 g/mol. The van der Waals surface area contributed by atoms with Crippen molar-refractivity contribution in [3.8, 4) is 0 Å². The zero-order chi connectivity index (χ0) is 14.7. The number of methoxy groups -OCH3 is 1. The Labute approximate surface area is 122 Å². The van der Waals surface area contributed by atoms with Crippen molar-refractivity contribution >= 4 is 27.9 Å². The molecule has 1 unspecified atom stereocenters. The van der Waals surface area contributed by atoms with Gasteiger partial charge < -0.3 is 15.2 Å². The normalized spacial score (nSPS) is 18.7. The smallest absolute Gasteiger partial charge is 0.228 e. The van der Waals surface area contributed by atoms with Crippen molar-refractivity contribution < 1.29 is 14.6 Å². The number of allylic oxidation sites excluding steroid dienone is 2. The highest BCUT2D eigenvalue weighted by Crippen LogP contribution is 2.30. The first-order valence-corrected chi connectivity index (χ1v) is 7.28. The van der Waals surface area contributed by atoms with Crippen LogP contribution in [0, 0.1) is 5.92 Å². The van der Waals surface area contributed by atoms with E-state index >= 15 is 0 Å². The highest BCUT2D eigenvalue weighted by molar-refractivity contribution is 7.14. The number of hydrogen-bond acceptors (Lipinski definition) is 5. The minimum absolute atomic E-state index is 0.0515. The quantitative estimate of drug-likeness (QED) is 0.895. The lowest BCUT2D eigenvalue weighted by Crippen LogP contribution is -2.18. The minimum atomic E-state index is -0.212. The fraction of sp³-hybridized carbons (Fsp3) is 0.429. The number of anilines is 1. The second-order valence-electron chi connectivity index (χ2n) is 4.89. The van der Waals surface area contributed by atoms with Gasteiger partial charge in [-0.05, 0) is 6.08 Å². The number of aliphatic hydroxyl groups is 1. The molecule has 108 valence electrons. The Kier molecular flexibility index (Phi) is 4.57. The number of carbonyl (C=O) groups excluding carboxylic acids is 1. The van der Waals surface area contributed by atoms with Crippen LogP contribution in [0.3, 0.4) is 0 Å². The average Bonchev–Trinajstić information content (AvgIpc) is 2.86. The van der Waals surface area contributed by atoms with Gasteiger partial charge in [0.05, 0.1) is 17.6 Å². The Hall–Kier alpha value is -1.66. The predicted molar refractivity (Wildman–Crippen MR) is 79.7 cm³/mol. The molecule has 0 saturated heterocycles. The average molecular weight is 294 g/mol. The SMILES string of the molecule is COC1CC(O)=CC=C1c1csc(NC(=O)C(C)C)n1. The molecule has 0 fully saturated rings. The summed E-state index contributed by atoms with van der Waals surface area (Å²) in [7, 11) is 1.60. The van der Waals surface area contributed by atoms with Crippen LogP contribution >= 0.6 is 11.3 Å². The van der Waals surface area contributed by atoms with Crippen LogP contribution in [0.4, 0.5) is 5.13 Å². The molecule has 2 N–H and O–H groups in total. The Morgan fingerprint density at radius 2 is 2.30 bits per heavy atom. The Balaban J connectivity index is 2.18. The number of hydrogen-bond donors (Lipinski definition) is 2. The molecule has 1 aliphatic carbocycles. The van der Waals surface area contributed by atoms with E-state index in [0.29, 0.717) is 17.3 Å². The molecule has 0 aromatic carbocycles. The largest absolute Gasteiger partial charge is 0.512 e. The molecule has 1 heterocycles. The zero-order valence-electron chi connectivity index (χ0n) is 11.7. The summed E-state index contributed by atoms with van der Waals surface area (Å²) < 4.78 is 5.37. The third-order valence-electron chi connectivity index (χ3n) is 3.04. The second kappa shape index (κ2) is 6.19. The van der Waals surface area contributed by atoms with Crippen LogP contribution in [0.2, 0.25) is 0 Å². The van der Waals surface area contributed by atoms with Crippen molar-refractivity contribution in [1.29, 1.82) is 0 Å². The second-order valence-corrected chi connectivity index (χ2v) is 5.75. The van der Waals surface area contributed by atoms with Crippen molar-refractivity contribution in [3.05, 3.63) is 29.0 Å². The number of ether oxygens (including phenoxy) is 1. The predicted octanol–water partition coefficient (Wildman–Crippen LogP) is 2.98. The molecule has 20 heavy (non-hydrogen) atoms. The molecular formula is C14H18N2O3S. The highest BCUT2D eigenvalue weighted by atomic mass is 32.1. The van der Waals surface area contributed by atoms with Gasteiger partial charge in [-0.15, -0.1) is 11.3 Å². The number of nitrogens with zero attached hydrogens (tertiary/aromatic N) is 1. The van der Waals surface area contributed by atoms with Gasteiger partial charge in [-0.2, -0.15) is 0 Å². The van der Waals surface area contributed by atoms with E-state index in [1.54, 1.807) is 19.3 Å². The summed E-state index contributed by atoms with van der Waals surface area (Å²) in [5, 5.41) is 14.8. The van der Waals surface area contributed by atoms with Crippen LogP contribution < -0.4 is 5.32 Å². The van der Waals surface area contributed by atoms with Crippen LogP contribution in [-0.4, -0.2) is 29.2 Å². The molecule has 1 amide bonds. The van der Waals surface area contributed by atoms with Crippen LogP contribution in [0.25, 0.3) is 5.57 Å². The molecule has 0 aliphatic heterocycles. The lowest BCUT2D eigenvalue weighted by atomic mass is 9.98. The van der Waals surface area contributed by atoms with Crippen LogP contribution in [0.5, 0.6) is 0 Å². The number of thiazole rings is 1. The van der Waals surface area contributed by atoms with E-state index in [1.165, 1.54) is 11.3 Å². The van der Waals surface area contributed by atoms with E-state index in [2.05, 4.69) is 10.3 Å². The van der Waals surface area contributed by atoms with Gasteiger partial charge in [0, 0.05) is 30.4 Å². The van der Waals surface area contributed by atoms with Crippen LogP contribution in [0.1, 0.15) is 26.0 Å². The van der Waals surface area contributed by atoms with Crippen molar-refractivity contribution in [2.45, 2.75) is 26.4 Å². The first kappa shape index (κ1) is 14.7. The number of carbonyl (C=O) groups is 1. The van der Waals surface area contributed by atoms with Gasteiger partial charge in [-0.1, -0.05) is 19.9 Å². The molecule has 1 aromatic heterocycles. The van der Waals surface area contributed by atoms with Crippen molar-refractivity contribution in [2.75, 3.05) is 12.4 Å². The third kappa shape index (κ3) is 3.26. The molecule has 0 bridgehead atoms. The fourth-order valence-electron chi connectivity index (χ4n) is 1.84. The maximum Gasteiger partial charge on any atom is 0.228 e. The maximum absolute atomic E-state index is 11.6. The summed E-state index contributed by atoms with van der Waals surface area (Å²) in [5.74, 6) is 0.163. The molecule has 0 radical (unpaired) electrons. The van der Waals surface area contributed by atoms with E-state index < -0.39 is 0 Å². The van der Waals surface area contributed by atoms with Gasteiger partial charge in [0.1, 0.15) is 0 Å². The summed E-state index contributed by atoms with van der Waals surface area (Å²) >= 11 is 1.38. The van der Waals surface area contributed by atoms with Gasteiger partial charge in [-0.3, -0.25) is 4.79 Å². The molecule has 0 saturated carbocycles. The lowest BCUT2D eigenvalue weighted by molar-refractivity contribution is -0.118. The summed E-state index contributed by atoms with van der Waals surface area (Å²) in [6.07, 6.45) is 3.68. The fourth-order valence-corrected chi connectivity index (χ4v) is 2.56. The Morgan fingerprint density at radius 1 is 1.55 bits per heavy atom. The molecule has 1 aliphatic rings. The van der Waals surface area contributed by atoms with E-state index in [1.807, 2.05) is 19.2 Å². The molecule has 2 rings (SSSR count). The number of aromatic nitrogens is 1. The van der Waals surface area contributed by atoms with Gasteiger partial charge >= 0.3 is 0 Å². The number of rotatable bonds is 4. The zero-order valence-corrected chi connectivity index (χ0v) is 12.5. The monoisotopic (exact) mass is 294 g/mol. The van der Waals surface area contributed by atoms with E-state index in [0.717, 1.165) is 11.3 Å². The first-order chi connectivity index (χ1) is 9.51. The first-order valence-electron chi connectivity index (χ1n) is 6.40. The van der Waals surface area contributed by atoms with Gasteiger partial charge in [0.2, 0.25) is 5.91 Å². The topological polar surface area (TPSA) is 71.5 Å². The number of nitrogens with one attached hydrogen (secondary N) is 1. The lowest BCUT2D eigenvalue weighted by Gasteiger charge is -2.20. The van der Waals surface area contributed by atoms with Gasteiger partial charge in [0.15, 0.2) is 5.13 Å². The number of amides is 1. The molecule has 0 spiro atoms. The molecule has 6 heteroatoms. The van der Waals surface area contributed by atoms with Crippen LogP contribution in [0.15, 0.2) is 23.3 Å². The summed E-state index contributed by atoms with van der Waals surface area (Å²) in [4.78, 5) is 16.0. The van der Waals surface area contributed by atoms with E-state index in [-0.39, 0.29) is 17.9 Å². The van der Waals surface area contributed by atoms with Gasteiger partial charge in [-0.25, -0.2) is 4.98 Å². The molecule has 1 aromatic rings. The molecule has 5 nitrogen and oxygen atoms in total. The summed E-state index contributed by atoms with van der Waals surface area (Å²) in [5.41, 5.74) is 1.68. The van der Waals surface area contributed by atoms with Crippen molar-refractivity contribution in [3.63, 3.8) is 0 Å².